The number of benzene rings is 1. The fourth-order valence-electron chi connectivity index (χ4n) is 4.00. The van der Waals surface area contributed by atoms with Crippen LogP contribution in [-0.4, -0.2) is 41.9 Å². The maximum absolute atomic E-state index is 12.4. The van der Waals surface area contributed by atoms with Crippen molar-refractivity contribution in [1.29, 1.82) is 0 Å². The van der Waals surface area contributed by atoms with Gasteiger partial charge >= 0.3 is 0 Å². The lowest BCUT2D eigenvalue weighted by molar-refractivity contribution is -0.130. The zero-order valence-electron chi connectivity index (χ0n) is 14.8. The zero-order valence-corrected chi connectivity index (χ0v) is 14.8. The Morgan fingerprint density at radius 1 is 1.16 bits per heavy atom. The third-order valence-electron chi connectivity index (χ3n) is 5.54. The number of nitrogens with two attached hydrogens (primary N) is 1. The molecule has 0 radical (unpaired) electrons. The highest BCUT2D eigenvalue weighted by molar-refractivity contribution is 5.78. The Bertz CT molecular complexity index is 590. The number of hydrogen-bond donors (Lipinski definition) is 2. The summed E-state index contributed by atoms with van der Waals surface area (Å²) in [5, 5.41) is 3.10. The van der Waals surface area contributed by atoms with Crippen LogP contribution in [0.15, 0.2) is 30.3 Å². The minimum absolute atomic E-state index is 0.0887. The molecular weight excluding hydrogens is 314 g/mol. The second-order valence-electron chi connectivity index (χ2n) is 7.44. The van der Waals surface area contributed by atoms with Crippen LogP contribution in [0.3, 0.4) is 0 Å². The van der Waals surface area contributed by atoms with Crippen molar-refractivity contribution in [1.82, 2.24) is 10.2 Å². The van der Waals surface area contributed by atoms with Gasteiger partial charge in [0.15, 0.2) is 0 Å². The molecule has 0 bridgehead atoms. The van der Waals surface area contributed by atoms with Gasteiger partial charge in [-0.05, 0) is 37.2 Å². The fourth-order valence-corrected chi connectivity index (χ4v) is 4.00. The van der Waals surface area contributed by atoms with E-state index in [0.29, 0.717) is 25.3 Å². The first kappa shape index (κ1) is 17.9. The molecule has 0 aromatic heterocycles. The van der Waals surface area contributed by atoms with Crippen LogP contribution < -0.4 is 11.1 Å². The average Bonchev–Trinajstić information content (AvgIpc) is 3.23. The first-order valence-corrected chi connectivity index (χ1v) is 9.48. The largest absolute Gasteiger partial charge is 0.352 e. The first-order chi connectivity index (χ1) is 12.1. The molecular formula is C20H29N3O2. The summed E-state index contributed by atoms with van der Waals surface area (Å²) in [7, 11) is 0. The SMILES string of the molecule is N[C@@H]1CCC[C@H]1CC(=O)NC1CCN(C(=O)CCc2ccccc2)C1. The molecule has 1 saturated heterocycles. The Labute approximate surface area is 150 Å². The number of carbonyl (C=O) groups excluding carboxylic acids is 2. The summed E-state index contributed by atoms with van der Waals surface area (Å²) >= 11 is 0. The first-order valence-electron chi connectivity index (χ1n) is 9.48. The molecule has 1 aromatic rings. The van der Waals surface area contributed by atoms with Crippen LogP contribution in [0.5, 0.6) is 0 Å². The van der Waals surface area contributed by atoms with Crippen LogP contribution in [0.2, 0.25) is 0 Å². The second-order valence-corrected chi connectivity index (χ2v) is 7.44. The molecule has 25 heavy (non-hydrogen) atoms. The smallest absolute Gasteiger partial charge is 0.222 e. The Kier molecular flexibility index (Phi) is 6.08. The van der Waals surface area contributed by atoms with Gasteiger partial charge in [0.1, 0.15) is 0 Å². The molecule has 1 aliphatic heterocycles. The second kappa shape index (κ2) is 8.48. The van der Waals surface area contributed by atoms with Gasteiger partial charge in [0.25, 0.3) is 0 Å². The molecule has 5 nitrogen and oxygen atoms in total. The lowest BCUT2D eigenvalue weighted by Gasteiger charge is -2.19. The van der Waals surface area contributed by atoms with Gasteiger partial charge in [-0.1, -0.05) is 36.8 Å². The summed E-state index contributed by atoms with van der Waals surface area (Å²) in [6.07, 6.45) is 5.90. The van der Waals surface area contributed by atoms with E-state index in [9.17, 15) is 9.59 Å². The minimum Gasteiger partial charge on any atom is -0.352 e. The third-order valence-corrected chi connectivity index (χ3v) is 5.54. The Morgan fingerprint density at radius 3 is 2.68 bits per heavy atom. The normalized spacial score (nSPS) is 26.0. The van der Waals surface area contributed by atoms with E-state index in [2.05, 4.69) is 5.32 Å². The molecule has 1 aliphatic carbocycles. The number of amides is 2. The topological polar surface area (TPSA) is 75.4 Å². The highest BCUT2D eigenvalue weighted by atomic mass is 16.2. The van der Waals surface area contributed by atoms with E-state index in [1.54, 1.807) is 0 Å². The van der Waals surface area contributed by atoms with E-state index in [1.165, 1.54) is 5.56 Å². The predicted molar refractivity (Wildman–Crippen MR) is 97.8 cm³/mol. The Hall–Kier alpha value is -1.88. The molecule has 2 aliphatic rings. The van der Waals surface area contributed by atoms with Gasteiger partial charge in [0, 0.05) is 38.0 Å². The number of likely N-dealkylation sites (tertiary alicyclic amines) is 1. The molecule has 2 fully saturated rings. The van der Waals surface area contributed by atoms with Gasteiger partial charge in [-0.3, -0.25) is 9.59 Å². The van der Waals surface area contributed by atoms with Crippen molar-refractivity contribution in [3.8, 4) is 0 Å². The maximum atomic E-state index is 12.4. The number of rotatable bonds is 6. The van der Waals surface area contributed by atoms with Crippen molar-refractivity contribution in [2.45, 2.75) is 57.0 Å². The standard InChI is InChI=1S/C20H29N3O2/c21-18-8-4-7-16(18)13-19(24)22-17-11-12-23(14-17)20(25)10-9-15-5-2-1-3-6-15/h1-3,5-6,16-18H,4,7-14,21H2,(H,22,24)/t16-,17?,18+/m0/s1. The summed E-state index contributed by atoms with van der Waals surface area (Å²) in [4.78, 5) is 26.5. The molecule has 1 aromatic carbocycles. The van der Waals surface area contributed by atoms with Crippen molar-refractivity contribution in [3.05, 3.63) is 35.9 Å². The van der Waals surface area contributed by atoms with Gasteiger partial charge in [-0.25, -0.2) is 0 Å². The zero-order chi connectivity index (χ0) is 17.6. The summed E-state index contributed by atoms with van der Waals surface area (Å²) in [6.45, 7) is 1.37. The van der Waals surface area contributed by atoms with Gasteiger partial charge in [-0.15, -0.1) is 0 Å². The van der Waals surface area contributed by atoms with Crippen LogP contribution in [0.25, 0.3) is 0 Å². The van der Waals surface area contributed by atoms with Crippen LogP contribution in [0.4, 0.5) is 0 Å². The van der Waals surface area contributed by atoms with E-state index in [0.717, 1.165) is 38.6 Å². The summed E-state index contributed by atoms with van der Waals surface area (Å²) in [6, 6.07) is 10.3. The number of carbonyl (C=O) groups is 2. The average molecular weight is 343 g/mol. The summed E-state index contributed by atoms with van der Waals surface area (Å²) in [5.74, 6) is 0.592. The predicted octanol–water partition coefficient (Wildman–Crippen LogP) is 1.85. The van der Waals surface area contributed by atoms with Gasteiger partial charge in [0.2, 0.25) is 11.8 Å². The van der Waals surface area contributed by atoms with Gasteiger partial charge in [-0.2, -0.15) is 0 Å². The number of hydrogen-bond acceptors (Lipinski definition) is 3. The minimum atomic E-state index is 0.0887. The molecule has 3 rings (SSSR count). The molecule has 0 spiro atoms. The fraction of sp³-hybridized carbons (Fsp3) is 0.600. The van der Waals surface area contributed by atoms with E-state index >= 15 is 0 Å². The summed E-state index contributed by atoms with van der Waals surface area (Å²) < 4.78 is 0. The van der Waals surface area contributed by atoms with Gasteiger partial charge in [0.05, 0.1) is 0 Å². The third kappa shape index (κ3) is 5.05. The van der Waals surface area contributed by atoms with E-state index in [4.69, 9.17) is 5.73 Å². The van der Waals surface area contributed by atoms with E-state index in [1.807, 2.05) is 35.2 Å². The van der Waals surface area contributed by atoms with Crippen molar-refractivity contribution < 1.29 is 9.59 Å². The Balaban J connectivity index is 1.39. The van der Waals surface area contributed by atoms with Crippen molar-refractivity contribution in [3.63, 3.8) is 0 Å². The molecule has 136 valence electrons. The van der Waals surface area contributed by atoms with E-state index < -0.39 is 0 Å². The quantitative estimate of drug-likeness (QED) is 0.828. The van der Waals surface area contributed by atoms with Gasteiger partial charge < -0.3 is 16.0 Å². The molecule has 3 atom stereocenters. The van der Waals surface area contributed by atoms with Crippen LogP contribution in [0.1, 0.15) is 44.1 Å². The van der Waals surface area contributed by atoms with Crippen molar-refractivity contribution in [2.24, 2.45) is 11.7 Å². The molecule has 1 heterocycles. The lowest BCUT2D eigenvalue weighted by Crippen LogP contribution is -2.40. The number of nitrogens with one attached hydrogen (secondary N) is 1. The molecule has 1 unspecified atom stereocenters. The van der Waals surface area contributed by atoms with Crippen molar-refractivity contribution in [2.75, 3.05) is 13.1 Å². The summed E-state index contributed by atoms with van der Waals surface area (Å²) in [5.41, 5.74) is 7.23. The molecule has 5 heteroatoms. The lowest BCUT2D eigenvalue weighted by atomic mass is 9.99. The molecule has 1 saturated carbocycles. The maximum Gasteiger partial charge on any atom is 0.222 e. The van der Waals surface area contributed by atoms with E-state index in [-0.39, 0.29) is 23.9 Å². The highest BCUT2D eigenvalue weighted by Gasteiger charge is 2.30. The Morgan fingerprint density at radius 2 is 1.96 bits per heavy atom. The monoisotopic (exact) mass is 343 g/mol. The van der Waals surface area contributed by atoms with Crippen molar-refractivity contribution >= 4 is 11.8 Å². The number of aryl methyl sites for hydroxylation is 1. The number of nitrogens with zero attached hydrogens (tertiary/aromatic N) is 1. The van der Waals surface area contributed by atoms with Crippen LogP contribution in [0, 0.1) is 5.92 Å². The van der Waals surface area contributed by atoms with Crippen LogP contribution in [-0.2, 0) is 16.0 Å². The molecule has 2 amide bonds. The van der Waals surface area contributed by atoms with Crippen LogP contribution >= 0.6 is 0 Å². The molecule has 3 N–H and O–H groups in total. The highest BCUT2D eigenvalue weighted by Crippen LogP contribution is 2.26.